The third-order valence-corrected chi connectivity index (χ3v) is 1.18. The molecule has 0 bridgehead atoms. The number of nitrogens with zero attached hydrogens (tertiary/aromatic N) is 3. The third-order valence-electron chi connectivity index (χ3n) is 0.800. The molecule has 4 heteroatoms. The molecule has 1 unspecified atom stereocenters. The van der Waals surface area contributed by atoms with Gasteiger partial charge >= 0.3 is 0 Å². The quantitative estimate of drug-likeness (QED) is 0.236. The highest BCUT2D eigenvalue weighted by atomic mass is 31.0. The molecule has 0 radical (unpaired) electrons. The Hall–Kier alpha value is -1.04. The number of rotatable bonds is 0. The van der Waals surface area contributed by atoms with Gasteiger partial charge in [0.1, 0.15) is 0 Å². The second-order valence-electron chi connectivity index (χ2n) is 1.50. The fourth-order valence-corrected chi connectivity index (χ4v) is 0.675. The zero-order chi connectivity index (χ0) is 7.82. The summed E-state index contributed by atoms with van der Waals surface area (Å²) in [4.78, 5) is 1.50. The van der Waals surface area contributed by atoms with Crippen LogP contribution in [-0.2, 0) is 0 Å². The molecule has 10 heavy (non-hydrogen) atoms. The molecule has 0 aliphatic rings. The minimum absolute atomic E-state index is 1.24. The topological polar surface area (TPSA) is 58.7 Å². The molecule has 0 amide bonds. The smallest absolute Gasteiger partial charge is 0.0303 e. The number of hydrogen-bond acceptors (Lipinski definition) is 0. The van der Waals surface area contributed by atoms with Crippen LogP contribution in [-0.4, -0.2) is 0 Å². The van der Waals surface area contributed by atoms with Crippen molar-refractivity contribution in [1.82, 2.24) is 0 Å². The van der Waals surface area contributed by atoms with E-state index in [0.717, 1.165) is 0 Å². The standard InChI is InChI=1S/C6H7P.N3/c7-6-4-2-1-3-5-6;1-3-2/h1-5H,7H2;/q;-1. The van der Waals surface area contributed by atoms with Gasteiger partial charge in [-0.2, -0.15) is 0 Å². The van der Waals surface area contributed by atoms with Gasteiger partial charge in [0.05, 0.1) is 0 Å². The van der Waals surface area contributed by atoms with E-state index in [1.54, 1.807) is 0 Å². The molecule has 1 rings (SSSR count). The largest absolute Gasteiger partial charge is 0.373 e. The van der Waals surface area contributed by atoms with Crippen LogP contribution in [0.3, 0.4) is 0 Å². The summed E-state index contributed by atoms with van der Waals surface area (Å²) in [5.41, 5.74) is 13.5. The second kappa shape index (κ2) is 6.09. The minimum Gasteiger partial charge on any atom is -0.373 e. The highest BCUT2D eigenvalue weighted by Gasteiger charge is 1.72. The van der Waals surface area contributed by atoms with Crippen LogP contribution in [0.5, 0.6) is 0 Å². The summed E-state index contributed by atoms with van der Waals surface area (Å²) in [5.74, 6) is 0. The van der Waals surface area contributed by atoms with Gasteiger partial charge < -0.3 is 11.1 Å². The normalized spacial score (nSPS) is 6.90. The summed E-state index contributed by atoms with van der Waals surface area (Å²) in [6.45, 7) is 0. The first-order valence-corrected chi connectivity index (χ1v) is 3.18. The Kier molecular flexibility index (Phi) is 5.45. The van der Waals surface area contributed by atoms with E-state index >= 15 is 0 Å². The van der Waals surface area contributed by atoms with Crippen LogP contribution in [0.25, 0.3) is 16.0 Å². The molecular weight excluding hydrogens is 145 g/mol. The molecule has 0 fully saturated rings. The molecule has 0 heterocycles. The van der Waals surface area contributed by atoms with Crippen molar-refractivity contribution in [3.8, 4) is 0 Å². The van der Waals surface area contributed by atoms with E-state index < -0.39 is 0 Å². The van der Waals surface area contributed by atoms with Crippen LogP contribution in [0.4, 0.5) is 0 Å². The predicted molar refractivity (Wildman–Crippen MR) is 45.9 cm³/mol. The average molecular weight is 152 g/mol. The summed E-state index contributed by atoms with van der Waals surface area (Å²) < 4.78 is 0. The van der Waals surface area contributed by atoms with E-state index in [0.29, 0.717) is 0 Å². The lowest BCUT2D eigenvalue weighted by Crippen LogP contribution is -1.82. The van der Waals surface area contributed by atoms with E-state index in [1.807, 2.05) is 30.3 Å². The number of hydrogen-bond donors (Lipinski definition) is 0. The monoisotopic (exact) mass is 152 g/mol. The second-order valence-corrected chi connectivity index (χ2v) is 2.17. The van der Waals surface area contributed by atoms with Crippen LogP contribution >= 0.6 is 9.24 Å². The van der Waals surface area contributed by atoms with Crippen LogP contribution < -0.4 is 5.30 Å². The summed E-state index contributed by atoms with van der Waals surface area (Å²) in [6, 6.07) is 10.1. The average Bonchev–Trinajstić information content (AvgIpc) is 1.91. The number of benzene rings is 1. The summed E-state index contributed by atoms with van der Waals surface area (Å²) in [5, 5.41) is 1.24. The fourth-order valence-electron chi connectivity index (χ4n) is 0.453. The summed E-state index contributed by atoms with van der Waals surface area (Å²) >= 11 is 0. The Balaban J connectivity index is 0.000000236. The molecule has 52 valence electrons. The SMILES string of the molecule is Pc1ccccc1.[N-]=[N+]=[N-]. The lowest BCUT2D eigenvalue weighted by molar-refractivity contribution is 1.78. The molecule has 0 aliphatic carbocycles. The van der Waals surface area contributed by atoms with Crippen LogP contribution in [0.2, 0.25) is 0 Å². The maximum atomic E-state index is 6.75. The molecule has 1 aromatic rings. The van der Waals surface area contributed by atoms with Gasteiger partial charge in [-0.25, -0.2) is 0 Å². The molecule has 0 spiro atoms. The zero-order valence-electron chi connectivity index (χ0n) is 5.31. The van der Waals surface area contributed by atoms with Gasteiger partial charge in [-0.05, 0) is 5.30 Å². The van der Waals surface area contributed by atoms with E-state index in [4.69, 9.17) is 11.1 Å². The van der Waals surface area contributed by atoms with Gasteiger partial charge in [0.25, 0.3) is 0 Å². The van der Waals surface area contributed by atoms with Gasteiger partial charge in [-0.3, -0.25) is 4.91 Å². The van der Waals surface area contributed by atoms with Gasteiger partial charge in [0.15, 0.2) is 0 Å². The molecule has 0 aromatic heterocycles. The molecule has 0 saturated heterocycles. The maximum Gasteiger partial charge on any atom is -0.0303 e. The Morgan fingerprint density at radius 3 is 1.70 bits per heavy atom. The van der Waals surface area contributed by atoms with Crippen molar-refractivity contribution >= 4 is 14.5 Å². The summed E-state index contributed by atoms with van der Waals surface area (Å²) in [6.07, 6.45) is 0. The molecule has 0 saturated carbocycles. The van der Waals surface area contributed by atoms with Gasteiger partial charge in [-0.1, -0.05) is 30.3 Å². The maximum absolute atomic E-state index is 6.75. The molecule has 0 aliphatic heterocycles. The Morgan fingerprint density at radius 2 is 1.50 bits per heavy atom. The molecule has 0 N–H and O–H groups in total. The fraction of sp³-hybridized carbons (Fsp3) is 0. The van der Waals surface area contributed by atoms with E-state index in [-0.39, 0.29) is 0 Å². The first-order valence-electron chi connectivity index (χ1n) is 2.60. The van der Waals surface area contributed by atoms with Crippen molar-refractivity contribution in [2.75, 3.05) is 0 Å². The van der Waals surface area contributed by atoms with Crippen molar-refractivity contribution in [2.24, 2.45) is 0 Å². The Bertz CT molecular complexity index is 203. The van der Waals surface area contributed by atoms with Crippen molar-refractivity contribution < 1.29 is 0 Å². The Morgan fingerprint density at radius 1 is 1.10 bits per heavy atom. The van der Waals surface area contributed by atoms with Crippen molar-refractivity contribution in [2.45, 2.75) is 0 Å². The minimum atomic E-state index is 1.24. The third kappa shape index (κ3) is 5.10. The van der Waals surface area contributed by atoms with Crippen LogP contribution in [0.1, 0.15) is 0 Å². The summed E-state index contributed by atoms with van der Waals surface area (Å²) in [7, 11) is 2.63. The Labute approximate surface area is 61.7 Å². The predicted octanol–water partition coefficient (Wildman–Crippen LogP) is 2.05. The van der Waals surface area contributed by atoms with E-state index in [2.05, 4.69) is 9.24 Å². The lowest BCUT2D eigenvalue weighted by Gasteiger charge is -1.82. The molecule has 1 aromatic carbocycles. The van der Waals surface area contributed by atoms with Crippen LogP contribution in [0.15, 0.2) is 30.3 Å². The van der Waals surface area contributed by atoms with Gasteiger partial charge in [-0.15, -0.1) is 9.24 Å². The van der Waals surface area contributed by atoms with Crippen molar-refractivity contribution in [3.05, 3.63) is 46.3 Å². The van der Waals surface area contributed by atoms with E-state index in [9.17, 15) is 0 Å². The highest BCUT2D eigenvalue weighted by molar-refractivity contribution is 7.27. The van der Waals surface area contributed by atoms with Crippen molar-refractivity contribution in [1.29, 1.82) is 0 Å². The molecule has 3 nitrogen and oxygen atoms in total. The highest BCUT2D eigenvalue weighted by Crippen LogP contribution is 1.86. The molecular formula is C6H7N3P-. The lowest BCUT2D eigenvalue weighted by atomic mass is 10.4. The van der Waals surface area contributed by atoms with Crippen LogP contribution in [0, 0.1) is 0 Å². The first-order chi connectivity index (χ1) is 4.81. The van der Waals surface area contributed by atoms with E-state index in [1.165, 1.54) is 10.2 Å². The van der Waals surface area contributed by atoms with Gasteiger partial charge in [0.2, 0.25) is 0 Å². The molecule has 1 atom stereocenters. The van der Waals surface area contributed by atoms with Gasteiger partial charge in [0, 0.05) is 0 Å². The van der Waals surface area contributed by atoms with Crippen molar-refractivity contribution in [3.63, 3.8) is 0 Å². The first kappa shape index (κ1) is 8.96. The zero-order valence-corrected chi connectivity index (χ0v) is 6.46.